The van der Waals surface area contributed by atoms with E-state index in [0.29, 0.717) is 6.54 Å². The number of phenols is 1. The van der Waals surface area contributed by atoms with Gasteiger partial charge in [0.25, 0.3) is 0 Å². The molecular weight excluding hydrogens is 308 g/mol. The molecule has 0 unspecified atom stereocenters. The van der Waals surface area contributed by atoms with E-state index in [-0.39, 0.29) is 11.4 Å². The molecule has 4 nitrogen and oxygen atoms in total. The van der Waals surface area contributed by atoms with Crippen molar-refractivity contribution in [3.8, 4) is 5.75 Å². The maximum Gasteiger partial charge on any atom is 0.326 e. The summed E-state index contributed by atoms with van der Waals surface area (Å²) in [5.74, 6) is 0.202. The van der Waals surface area contributed by atoms with E-state index in [4.69, 9.17) is 0 Å². The van der Waals surface area contributed by atoms with Crippen LogP contribution in [0.1, 0.15) is 5.56 Å². The van der Waals surface area contributed by atoms with Gasteiger partial charge in [0.1, 0.15) is 5.75 Å². The number of rotatable bonds is 2. The molecule has 2 aromatic carbocycles. The second kappa shape index (κ2) is 4.59. The molecule has 19 heavy (non-hydrogen) atoms. The highest BCUT2D eigenvalue weighted by Crippen LogP contribution is 2.18. The molecule has 0 radical (unpaired) electrons. The van der Waals surface area contributed by atoms with Gasteiger partial charge in [-0.3, -0.25) is 4.57 Å². The fourth-order valence-corrected chi connectivity index (χ4v) is 2.49. The van der Waals surface area contributed by atoms with E-state index < -0.39 is 0 Å². The molecule has 0 saturated heterocycles. The molecule has 1 aromatic heterocycles. The number of benzene rings is 2. The van der Waals surface area contributed by atoms with Crippen molar-refractivity contribution in [1.29, 1.82) is 0 Å². The lowest BCUT2D eigenvalue weighted by Gasteiger charge is -2.04. The largest absolute Gasteiger partial charge is 0.508 e. The zero-order chi connectivity index (χ0) is 13.4. The van der Waals surface area contributed by atoms with Crippen molar-refractivity contribution in [3.63, 3.8) is 0 Å². The topological polar surface area (TPSA) is 58.0 Å². The number of hydrogen-bond acceptors (Lipinski definition) is 2. The van der Waals surface area contributed by atoms with E-state index in [0.717, 1.165) is 21.1 Å². The lowest BCUT2D eigenvalue weighted by molar-refractivity contribution is 0.474. The Bertz CT molecular complexity index is 805. The summed E-state index contributed by atoms with van der Waals surface area (Å²) in [4.78, 5) is 14.8. The minimum absolute atomic E-state index is 0.156. The third kappa shape index (κ3) is 2.29. The molecule has 0 atom stereocenters. The molecule has 3 aromatic rings. The maximum absolute atomic E-state index is 12.0. The molecule has 1 heterocycles. The van der Waals surface area contributed by atoms with E-state index in [1.807, 2.05) is 24.3 Å². The quantitative estimate of drug-likeness (QED) is 0.763. The molecule has 3 rings (SSSR count). The Morgan fingerprint density at radius 1 is 1.21 bits per heavy atom. The molecule has 0 fully saturated rings. The van der Waals surface area contributed by atoms with Gasteiger partial charge in [0.05, 0.1) is 17.6 Å². The number of phenolic OH excluding ortho intramolecular Hbond substituents is 1. The minimum atomic E-state index is -0.156. The highest BCUT2D eigenvalue weighted by atomic mass is 79.9. The first-order valence-electron chi connectivity index (χ1n) is 5.79. The summed E-state index contributed by atoms with van der Waals surface area (Å²) in [5, 5.41) is 9.46. The third-order valence-electron chi connectivity index (χ3n) is 2.99. The van der Waals surface area contributed by atoms with Gasteiger partial charge in [0, 0.05) is 4.47 Å². The number of aromatic hydroxyl groups is 1. The van der Waals surface area contributed by atoms with Crippen LogP contribution >= 0.6 is 15.9 Å². The Hall–Kier alpha value is -2.01. The van der Waals surface area contributed by atoms with E-state index in [9.17, 15) is 9.90 Å². The fourth-order valence-electron chi connectivity index (χ4n) is 2.13. The number of imidazole rings is 1. The van der Waals surface area contributed by atoms with Crippen LogP contribution in [0, 0.1) is 0 Å². The number of aromatic amines is 1. The van der Waals surface area contributed by atoms with E-state index >= 15 is 0 Å². The molecule has 0 bridgehead atoms. The second-order valence-electron chi connectivity index (χ2n) is 4.35. The van der Waals surface area contributed by atoms with E-state index in [1.165, 1.54) is 0 Å². The highest BCUT2D eigenvalue weighted by molar-refractivity contribution is 9.10. The average molecular weight is 319 g/mol. The van der Waals surface area contributed by atoms with Crippen molar-refractivity contribution in [2.75, 3.05) is 0 Å². The van der Waals surface area contributed by atoms with Crippen LogP contribution in [-0.4, -0.2) is 14.7 Å². The van der Waals surface area contributed by atoms with Gasteiger partial charge >= 0.3 is 5.69 Å². The maximum atomic E-state index is 12.0. The monoisotopic (exact) mass is 318 g/mol. The van der Waals surface area contributed by atoms with Gasteiger partial charge in [0.15, 0.2) is 0 Å². The molecule has 0 aliphatic rings. The van der Waals surface area contributed by atoms with Crippen LogP contribution in [0.3, 0.4) is 0 Å². The molecular formula is C14H11BrN2O2. The van der Waals surface area contributed by atoms with Crippen LogP contribution in [-0.2, 0) is 6.54 Å². The number of hydrogen-bond donors (Lipinski definition) is 2. The normalized spacial score (nSPS) is 11.0. The van der Waals surface area contributed by atoms with Crippen LogP contribution in [0.15, 0.2) is 51.7 Å². The van der Waals surface area contributed by atoms with Gasteiger partial charge in [-0.1, -0.05) is 28.1 Å². The summed E-state index contributed by atoms with van der Waals surface area (Å²) in [6, 6.07) is 12.6. The van der Waals surface area contributed by atoms with Crippen molar-refractivity contribution in [2.45, 2.75) is 6.54 Å². The predicted molar refractivity (Wildman–Crippen MR) is 77.5 cm³/mol. The lowest BCUT2D eigenvalue weighted by Crippen LogP contribution is -2.17. The summed E-state index contributed by atoms with van der Waals surface area (Å²) in [6.07, 6.45) is 0. The van der Waals surface area contributed by atoms with Crippen LogP contribution in [0.5, 0.6) is 5.75 Å². The Morgan fingerprint density at radius 2 is 2.05 bits per heavy atom. The van der Waals surface area contributed by atoms with Gasteiger partial charge in [0.2, 0.25) is 0 Å². The summed E-state index contributed by atoms with van der Waals surface area (Å²) in [7, 11) is 0. The van der Waals surface area contributed by atoms with Crippen LogP contribution in [0.2, 0.25) is 0 Å². The van der Waals surface area contributed by atoms with Gasteiger partial charge in [-0.25, -0.2) is 4.79 Å². The summed E-state index contributed by atoms with van der Waals surface area (Å²) >= 11 is 3.38. The summed E-state index contributed by atoms with van der Waals surface area (Å²) in [5.41, 5.74) is 2.36. The zero-order valence-electron chi connectivity index (χ0n) is 9.93. The third-order valence-corrected chi connectivity index (χ3v) is 3.48. The second-order valence-corrected chi connectivity index (χ2v) is 5.26. The van der Waals surface area contributed by atoms with Crippen molar-refractivity contribution in [2.24, 2.45) is 0 Å². The van der Waals surface area contributed by atoms with Crippen molar-refractivity contribution >= 4 is 27.0 Å². The Labute approximate surface area is 117 Å². The Kier molecular flexibility index (Phi) is 2.91. The van der Waals surface area contributed by atoms with Gasteiger partial charge in [-0.2, -0.15) is 0 Å². The Morgan fingerprint density at radius 3 is 2.84 bits per heavy atom. The Balaban J connectivity index is 2.10. The van der Waals surface area contributed by atoms with E-state index in [1.54, 1.807) is 22.8 Å². The molecule has 2 N–H and O–H groups in total. The van der Waals surface area contributed by atoms with Crippen molar-refractivity contribution < 1.29 is 5.11 Å². The summed E-state index contributed by atoms with van der Waals surface area (Å²) < 4.78 is 2.57. The van der Waals surface area contributed by atoms with Crippen LogP contribution in [0.4, 0.5) is 0 Å². The van der Waals surface area contributed by atoms with Gasteiger partial charge in [-0.15, -0.1) is 0 Å². The number of halogens is 1. The smallest absolute Gasteiger partial charge is 0.326 e. The van der Waals surface area contributed by atoms with Crippen molar-refractivity contribution in [1.82, 2.24) is 9.55 Å². The SMILES string of the molecule is O=c1[nH]c2cc(Br)ccc2n1Cc1cccc(O)c1. The number of aromatic nitrogens is 2. The molecule has 0 amide bonds. The fraction of sp³-hybridized carbons (Fsp3) is 0.0714. The first-order valence-corrected chi connectivity index (χ1v) is 6.59. The molecule has 0 saturated carbocycles. The number of fused-ring (bicyclic) bond motifs is 1. The summed E-state index contributed by atoms with van der Waals surface area (Å²) in [6.45, 7) is 0.425. The lowest BCUT2D eigenvalue weighted by atomic mass is 10.2. The van der Waals surface area contributed by atoms with Crippen LogP contribution < -0.4 is 5.69 Å². The van der Waals surface area contributed by atoms with Gasteiger partial charge in [-0.05, 0) is 35.9 Å². The number of H-pyrrole nitrogens is 1. The number of nitrogens with zero attached hydrogens (tertiary/aromatic N) is 1. The first-order chi connectivity index (χ1) is 9.13. The molecule has 0 spiro atoms. The van der Waals surface area contributed by atoms with E-state index in [2.05, 4.69) is 20.9 Å². The zero-order valence-corrected chi connectivity index (χ0v) is 11.5. The first kappa shape index (κ1) is 12.0. The standard InChI is InChI=1S/C14H11BrN2O2/c15-10-4-5-13-12(7-10)16-14(19)17(13)8-9-2-1-3-11(18)6-9/h1-7,18H,8H2,(H,16,19). The molecule has 0 aliphatic carbocycles. The molecule has 5 heteroatoms. The highest BCUT2D eigenvalue weighted by Gasteiger charge is 2.07. The minimum Gasteiger partial charge on any atom is -0.508 e. The predicted octanol–water partition coefficient (Wildman–Crippen LogP) is 2.85. The van der Waals surface area contributed by atoms with Crippen molar-refractivity contribution in [3.05, 3.63) is 63.0 Å². The van der Waals surface area contributed by atoms with Gasteiger partial charge < -0.3 is 10.1 Å². The molecule has 96 valence electrons. The number of nitrogens with one attached hydrogen (secondary N) is 1. The average Bonchev–Trinajstić information content (AvgIpc) is 2.65. The van der Waals surface area contributed by atoms with Crippen LogP contribution in [0.25, 0.3) is 11.0 Å². The molecule has 0 aliphatic heterocycles.